The molecule has 0 unspecified atom stereocenters. The molecule has 78 valence electrons. The minimum atomic E-state index is -0.0822. The standard InChI is InChI=1S/C10H15IN2O/c1-7-10(11)6-12-13(7)8-2-4-9(14)5-3-8/h6,8-9,14H,2-5H2,1H3. The van der Waals surface area contributed by atoms with Crippen LogP contribution in [0.5, 0.6) is 0 Å². The van der Waals surface area contributed by atoms with E-state index in [1.165, 1.54) is 9.26 Å². The highest BCUT2D eigenvalue weighted by molar-refractivity contribution is 14.1. The Morgan fingerprint density at radius 2 is 2.07 bits per heavy atom. The third kappa shape index (κ3) is 1.95. The predicted molar refractivity (Wildman–Crippen MR) is 63.2 cm³/mol. The van der Waals surface area contributed by atoms with E-state index in [1.807, 2.05) is 6.20 Å². The van der Waals surface area contributed by atoms with Crippen molar-refractivity contribution in [3.8, 4) is 0 Å². The molecule has 4 heteroatoms. The molecular formula is C10H15IN2O. The number of aliphatic hydroxyl groups excluding tert-OH is 1. The molecule has 0 spiro atoms. The summed E-state index contributed by atoms with van der Waals surface area (Å²) in [6.07, 6.45) is 5.78. The van der Waals surface area contributed by atoms with Crippen LogP contribution in [0.1, 0.15) is 37.4 Å². The number of nitrogens with zero attached hydrogens (tertiary/aromatic N) is 2. The van der Waals surface area contributed by atoms with Crippen LogP contribution in [0.3, 0.4) is 0 Å². The molecule has 0 aromatic carbocycles. The zero-order chi connectivity index (χ0) is 10.1. The maximum absolute atomic E-state index is 9.42. The van der Waals surface area contributed by atoms with E-state index < -0.39 is 0 Å². The largest absolute Gasteiger partial charge is 0.393 e. The van der Waals surface area contributed by atoms with Crippen molar-refractivity contribution in [3.63, 3.8) is 0 Å². The van der Waals surface area contributed by atoms with E-state index in [4.69, 9.17) is 0 Å². The van der Waals surface area contributed by atoms with Crippen molar-refractivity contribution in [1.29, 1.82) is 0 Å². The zero-order valence-corrected chi connectivity index (χ0v) is 10.4. The van der Waals surface area contributed by atoms with Crippen molar-refractivity contribution in [1.82, 2.24) is 9.78 Å². The number of aromatic nitrogens is 2. The normalized spacial score (nSPS) is 27.9. The molecular weight excluding hydrogens is 291 g/mol. The maximum atomic E-state index is 9.42. The highest BCUT2D eigenvalue weighted by Crippen LogP contribution is 2.29. The summed E-state index contributed by atoms with van der Waals surface area (Å²) in [5.74, 6) is 0. The first-order valence-corrected chi connectivity index (χ1v) is 6.14. The molecule has 0 amide bonds. The van der Waals surface area contributed by atoms with Crippen molar-refractivity contribution in [2.45, 2.75) is 44.8 Å². The first kappa shape index (κ1) is 10.4. The van der Waals surface area contributed by atoms with Crippen LogP contribution in [0.2, 0.25) is 0 Å². The van der Waals surface area contributed by atoms with Crippen LogP contribution in [0.4, 0.5) is 0 Å². The number of hydrogen-bond donors (Lipinski definition) is 1. The number of rotatable bonds is 1. The lowest BCUT2D eigenvalue weighted by atomic mass is 9.93. The number of aliphatic hydroxyl groups is 1. The number of hydrogen-bond acceptors (Lipinski definition) is 2. The minimum absolute atomic E-state index is 0.0822. The molecule has 0 aliphatic heterocycles. The SMILES string of the molecule is Cc1c(I)cnn1C1CCC(O)CC1. The van der Waals surface area contributed by atoms with Gasteiger partial charge in [-0.2, -0.15) is 5.10 Å². The van der Waals surface area contributed by atoms with Crippen molar-refractivity contribution < 1.29 is 5.11 Å². The lowest BCUT2D eigenvalue weighted by Crippen LogP contribution is -2.22. The molecule has 0 saturated heterocycles. The van der Waals surface area contributed by atoms with E-state index in [9.17, 15) is 5.11 Å². The van der Waals surface area contributed by atoms with Gasteiger partial charge in [-0.05, 0) is 55.2 Å². The van der Waals surface area contributed by atoms with Crippen LogP contribution in [-0.4, -0.2) is 21.0 Å². The summed E-state index contributed by atoms with van der Waals surface area (Å²) in [7, 11) is 0. The van der Waals surface area contributed by atoms with Crippen LogP contribution in [0.25, 0.3) is 0 Å². The first-order chi connectivity index (χ1) is 6.68. The van der Waals surface area contributed by atoms with Crippen LogP contribution >= 0.6 is 22.6 Å². The second-order valence-corrected chi connectivity index (χ2v) is 5.15. The monoisotopic (exact) mass is 306 g/mol. The third-order valence-electron chi connectivity index (χ3n) is 3.00. The smallest absolute Gasteiger partial charge is 0.0626 e. The van der Waals surface area contributed by atoms with Gasteiger partial charge >= 0.3 is 0 Å². The van der Waals surface area contributed by atoms with Crippen molar-refractivity contribution in [2.24, 2.45) is 0 Å². The quantitative estimate of drug-likeness (QED) is 0.808. The molecule has 0 bridgehead atoms. The summed E-state index contributed by atoms with van der Waals surface area (Å²) in [4.78, 5) is 0. The Balaban J connectivity index is 2.12. The van der Waals surface area contributed by atoms with Gasteiger partial charge in [0.1, 0.15) is 0 Å². The predicted octanol–water partition coefficient (Wildman–Crippen LogP) is 2.27. The van der Waals surface area contributed by atoms with Gasteiger partial charge in [0.2, 0.25) is 0 Å². The molecule has 14 heavy (non-hydrogen) atoms. The van der Waals surface area contributed by atoms with Crippen molar-refractivity contribution in [3.05, 3.63) is 15.5 Å². The summed E-state index contributed by atoms with van der Waals surface area (Å²) >= 11 is 2.31. The van der Waals surface area contributed by atoms with Gasteiger partial charge in [-0.3, -0.25) is 4.68 Å². The van der Waals surface area contributed by atoms with Gasteiger partial charge in [0.15, 0.2) is 0 Å². The summed E-state index contributed by atoms with van der Waals surface area (Å²) in [5, 5.41) is 13.8. The zero-order valence-electron chi connectivity index (χ0n) is 8.28. The Labute approximate surface area is 97.6 Å². The highest BCUT2D eigenvalue weighted by atomic mass is 127. The van der Waals surface area contributed by atoms with Gasteiger partial charge in [0, 0.05) is 5.69 Å². The van der Waals surface area contributed by atoms with E-state index in [1.54, 1.807) is 0 Å². The molecule has 3 nitrogen and oxygen atoms in total. The van der Waals surface area contributed by atoms with Gasteiger partial charge in [-0.25, -0.2) is 0 Å². The van der Waals surface area contributed by atoms with Gasteiger partial charge in [-0.1, -0.05) is 0 Å². The van der Waals surface area contributed by atoms with Gasteiger partial charge in [0.05, 0.1) is 21.9 Å². The summed E-state index contributed by atoms with van der Waals surface area (Å²) < 4.78 is 3.35. The van der Waals surface area contributed by atoms with E-state index in [2.05, 4.69) is 39.3 Å². The van der Waals surface area contributed by atoms with Crippen LogP contribution in [-0.2, 0) is 0 Å². The Bertz CT molecular complexity index is 316. The summed E-state index contributed by atoms with van der Waals surface area (Å²) in [5.41, 5.74) is 1.26. The summed E-state index contributed by atoms with van der Waals surface area (Å²) in [6.45, 7) is 2.11. The van der Waals surface area contributed by atoms with Gasteiger partial charge < -0.3 is 5.11 Å². The molecule has 0 atom stereocenters. The average molecular weight is 306 g/mol. The maximum Gasteiger partial charge on any atom is 0.0626 e. The molecule has 1 N–H and O–H groups in total. The molecule has 1 aromatic rings. The second kappa shape index (κ2) is 4.18. The van der Waals surface area contributed by atoms with E-state index in [0.29, 0.717) is 6.04 Å². The fourth-order valence-electron chi connectivity index (χ4n) is 2.07. The van der Waals surface area contributed by atoms with Crippen molar-refractivity contribution >= 4 is 22.6 Å². The Kier molecular flexibility index (Phi) is 3.11. The minimum Gasteiger partial charge on any atom is -0.393 e. The van der Waals surface area contributed by atoms with Gasteiger partial charge in [0.25, 0.3) is 0 Å². The summed E-state index contributed by atoms with van der Waals surface area (Å²) in [6, 6.07) is 0.502. The Morgan fingerprint density at radius 3 is 2.57 bits per heavy atom. The fourth-order valence-corrected chi connectivity index (χ4v) is 2.44. The lowest BCUT2D eigenvalue weighted by molar-refractivity contribution is 0.107. The van der Waals surface area contributed by atoms with Crippen LogP contribution in [0, 0.1) is 10.5 Å². The Hall–Kier alpha value is -0.100. The molecule has 1 heterocycles. The molecule has 1 saturated carbocycles. The molecule has 2 rings (SSSR count). The third-order valence-corrected chi connectivity index (χ3v) is 4.06. The van der Waals surface area contributed by atoms with E-state index in [0.717, 1.165) is 25.7 Å². The second-order valence-electron chi connectivity index (χ2n) is 3.98. The highest BCUT2D eigenvalue weighted by Gasteiger charge is 2.22. The van der Waals surface area contributed by atoms with Crippen LogP contribution in [0.15, 0.2) is 6.20 Å². The fraction of sp³-hybridized carbons (Fsp3) is 0.700. The van der Waals surface area contributed by atoms with E-state index >= 15 is 0 Å². The van der Waals surface area contributed by atoms with Crippen LogP contribution < -0.4 is 0 Å². The molecule has 1 aliphatic rings. The molecule has 1 aromatic heterocycles. The molecule has 1 fully saturated rings. The lowest BCUT2D eigenvalue weighted by Gasteiger charge is -2.26. The van der Waals surface area contributed by atoms with Crippen molar-refractivity contribution in [2.75, 3.05) is 0 Å². The van der Waals surface area contributed by atoms with Gasteiger partial charge in [-0.15, -0.1) is 0 Å². The average Bonchev–Trinajstić information content (AvgIpc) is 2.50. The Morgan fingerprint density at radius 1 is 1.43 bits per heavy atom. The first-order valence-electron chi connectivity index (χ1n) is 5.06. The number of halogens is 1. The molecule has 0 radical (unpaired) electrons. The topological polar surface area (TPSA) is 38.0 Å². The van der Waals surface area contributed by atoms with E-state index in [-0.39, 0.29) is 6.10 Å². The molecule has 1 aliphatic carbocycles.